The Morgan fingerprint density at radius 1 is 1.17 bits per heavy atom. The summed E-state index contributed by atoms with van der Waals surface area (Å²) in [5.74, 6) is 0. The number of hydrogen-bond donors (Lipinski definition) is 1. The molecule has 0 aliphatic heterocycles. The van der Waals surface area contributed by atoms with Gasteiger partial charge in [-0.3, -0.25) is 9.67 Å². The summed E-state index contributed by atoms with van der Waals surface area (Å²) in [7, 11) is 0. The van der Waals surface area contributed by atoms with E-state index in [9.17, 15) is 0 Å². The molecular weight excluding hydrogens is 224 g/mol. The molecule has 0 unspecified atom stereocenters. The third-order valence-electron chi connectivity index (χ3n) is 3.55. The highest BCUT2D eigenvalue weighted by molar-refractivity contribution is 5.64. The molecule has 0 saturated heterocycles. The van der Waals surface area contributed by atoms with Crippen LogP contribution in [0.25, 0.3) is 11.3 Å². The summed E-state index contributed by atoms with van der Waals surface area (Å²) >= 11 is 0. The first-order valence-corrected chi connectivity index (χ1v) is 6.59. The van der Waals surface area contributed by atoms with E-state index in [1.54, 1.807) is 0 Å². The number of hydrogen-bond acceptors (Lipinski definition) is 3. The predicted molar refractivity (Wildman–Crippen MR) is 71.2 cm³/mol. The van der Waals surface area contributed by atoms with Gasteiger partial charge in [0, 0.05) is 35.8 Å². The van der Waals surface area contributed by atoms with Crippen molar-refractivity contribution in [2.24, 2.45) is 5.73 Å². The highest BCUT2D eigenvalue weighted by Gasteiger charge is 2.21. The highest BCUT2D eigenvalue weighted by Crippen LogP contribution is 2.30. The highest BCUT2D eigenvalue weighted by atomic mass is 15.3. The maximum Gasteiger partial charge on any atom is 0.0959 e. The lowest BCUT2D eigenvalue weighted by atomic mass is 9.94. The number of nitrogens with zero attached hydrogens (tertiary/aromatic N) is 3. The quantitative estimate of drug-likeness (QED) is 0.892. The Hall–Kier alpha value is -1.68. The second-order valence-corrected chi connectivity index (χ2v) is 4.73. The molecule has 2 aromatic rings. The lowest BCUT2D eigenvalue weighted by Crippen LogP contribution is -2.15. The third-order valence-corrected chi connectivity index (χ3v) is 3.55. The average molecular weight is 242 g/mol. The zero-order chi connectivity index (χ0) is 12.4. The van der Waals surface area contributed by atoms with Crippen molar-refractivity contribution >= 4 is 0 Å². The standard InChI is InChI=1S/C14H18N4/c15-7-10-18-13-4-2-1-3-12(13)14(17-18)11-5-8-16-9-6-11/h5-6,8-9H,1-4,7,10,15H2. The molecule has 0 spiro atoms. The van der Waals surface area contributed by atoms with Gasteiger partial charge in [0.25, 0.3) is 0 Å². The van der Waals surface area contributed by atoms with Gasteiger partial charge in [-0.25, -0.2) is 0 Å². The fourth-order valence-corrected chi connectivity index (χ4v) is 2.72. The summed E-state index contributed by atoms with van der Waals surface area (Å²) in [6, 6.07) is 4.06. The number of pyridine rings is 1. The molecule has 0 radical (unpaired) electrons. The van der Waals surface area contributed by atoms with Crippen molar-refractivity contribution in [2.75, 3.05) is 6.54 Å². The van der Waals surface area contributed by atoms with Crippen LogP contribution in [0.4, 0.5) is 0 Å². The van der Waals surface area contributed by atoms with Gasteiger partial charge in [-0.05, 0) is 37.8 Å². The van der Waals surface area contributed by atoms with Gasteiger partial charge in [-0.1, -0.05) is 0 Å². The van der Waals surface area contributed by atoms with E-state index in [0.29, 0.717) is 6.54 Å². The summed E-state index contributed by atoms with van der Waals surface area (Å²) in [6.07, 6.45) is 8.45. The molecule has 0 bridgehead atoms. The minimum atomic E-state index is 0.643. The van der Waals surface area contributed by atoms with Gasteiger partial charge in [0.15, 0.2) is 0 Å². The molecular formula is C14H18N4. The van der Waals surface area contributed by atoms with E-state index in [-0.39, 0.29) is 0 Å². The van der Waals surface area contributed by atoms with Crippen LogP contribution >= 0.6 is 0 Å². The molecule has 0 atom stereocenters. The average Bonchev–Trinajstić information content (AvgIpc) is 2.80. The van der Waals surface area contributed by atoms with E-state index in [4.69, 9.17) is 10.8 Å². The summed E-state index contributed by atoms with van der Waals surface area (Å²) < 4.78 is 2.10. The van der Waals surface area contributed by atoms with Gasteiger partial charge in [0.05, 0.1) is 12.2 Å². The van der Waals surface area contributed by atoms with Crippen LogP contribution in [0.1, 0.15) is 24.1 Å². The van der Waals surface area contributed by atoms with Crippen LogP contribution in [-0.2, 0) is 19.4 Å². The number of aromatic nitrogens is 3. The fourth-order valence-electron chi connectivity index (χ4n) is 2.72. The van der Waals surface area contributed by atoms with E-state index in [1.807, 2.05) is 24.5 Å². The lowest BCUT2D eigenvalue weighted by molar-refractivity contribution is 0.564. The van der Waals surface area contributed by atoms with Crippen LogP contribution in [0.2, 0.25) is 0 Å². The van der Waals surface area contributed by atoms with E-state index >= 15 is 0 Å². The molecule has 1 aliphatic rings. The van der Waals surface area contributed by atoms with Crippen molar-refractivity contribution < 1.29 is 0 Å². The van der Waals surface area contributed by atoms with Gasteiger partial charge < -0.3 is 5.73 Å². The minimum Gasteiger partial charge on any atom is -0.329 e. The first-order valence-electron chi connectivity index (χ1n) is 6.59. The lowest BCUT2D eigenvalue weighted by Gasteiger charge is -2.13. The molecule has 2 heterocycles. The van der Waals surface area contributed by atoms with Crippen molar-refractivity contribution in [3.63, 3.8) is 0 Å². The smallest absolute Gasteiger partial charge is 0.0959 e. The van der Waals surface area contributed by atoms with Crippen molar-refractivity contribution in [1.29, 1.82) is 0 Å². The Morgan fingerprint density at radius 3 is 2.72 bits per heavy atom. The van der Waals surface area contributed by atoms with Crippen LogP contribution in [0.5, 0.6) is 0 Å². The van der Waals surface area contributed by atoms with Gasteiger partial charge in [0.1, 0.15) is 0 Å². The summed E-state index contributed by atoms with van der Waals surface area (Å²) in [5, 5.41) is 4.76. The topological polar surface area (TPSA) is 56.7 Å². The predicted octanol–water partition coefficient (Wildman–Crippen LogP) is 1.78. The largest absolute Gasteiger partial charge is 0.329 e. The Morgan fingerprint density at radius 2 is 1.94 bits per heavy atom. The van der Waals surface area contributed by atoms with Crippen LogP contribution in [0.15, 0.2) is 24.5 Å². The second-order valence-electron chi connectivity index (χ2n) is 4.73. The summed E-state index contributed by atoms with van der Waals surface area (Å²) in [5.41, 5.74) is 10.8. The zero-order valence-corrected chi connectivity index (χ0v) is 10.5. The molecule has 4 heteroatoms. The summed E-state index contributed by atoms with van der Waals surface area (Å²) in [4.78, 5) is 4.07. The number of rotatable bonds is 3. The molecule has 18 heavy (non-hydrogen) atoms. The molecule has 2 N–H and O–H groups in total. The van der Waals surface area contributed by atoms with Crippen molar-refractivity contribution in [1.82, 2.24) is 14.8 Å². The van der Waals surface area contributed by atoms with Crippen molar-refractivity contribution in [3.8, 4) is 11.3 Å². The maximum absolute atomic E-state index is 5.67. The molecule has 3 rings (SSSR count). The van der Waals surface area contributed by atoms with Gasteiger partial charge in [-0.15, -0.1) is 0 Å². The molecule has 94 valence electrons. The maximum atomic E-state index is 5.67. The summed E-state index contributed by atoms with van der Waals surface area (Å²) in [6.45, 7) is 1.46. The van der Waals surface area contributed by atoms with Gasteiger partial charge >= 0.3 is 0 Å². The second kappa shape index (κ2) is 4.90. The Bertz CT molecular complexity index is 530. The molecule has 4 nitrogen and oxygen atoms in total. The monoisotopic (exact) mass is 242 g/mol. The van der Waals surface area contributed by atoms with Crippen LogP contribution in [-0.4, -0.2) is 21.3 Å². The molecule has 0 fully saturated rings. The van der Waals surface area contributed by atoms with Crippen molar-refractivity contribution in [3.05, 3.63) is 35.8 Å². The van der Waals surface area contributed by atoms with Crippen LogP contribution in [0.3, 0.4) is 0 Å². The fraction of sp³-hybridized carbons (Fsp3) is 0.429. The Labute approximate surface area is 107 Å². The van der Waals surface area contributed by atoms with Crippen molar-refractivity contribution in [2.45, 2.75) is 32.2 Å². The van der Waals surface area contributed by atoms with Crippen LogP contribution in [0, 0.1) is 0 Å². The zero-order valence-electron chi connectivity index (χ0n) is 10.5. The normalized spacial score (nSPS) is 14.5. The first-order chi connectivity index (χ1) is 8.90. The van der Waals surface area contributed by atoms with E-state index in [1.165, 1.54) is 29.7 Å². The molecule has 0 aromatic carbocycles. The Balaban J connectivity index is 2.09. The first kappa shape index (κ1) is 11.4. The molecule has 2 aromatic heterocycles. The Kier molecular flexibility index (Phi) is 3.11. The van der Waals surface area contributed by atoms with Gasteiger partial charge in [0.2, 0.25) is 0 Å². The minimum absolute atomic E-state index is 0.643. The molecule has 1 aliphatic carbocycles. The van der Waals surface area contributed by atoms with Gasteiger partial charge in [-0.2, -0.15) is 5.10 Å². The van der Waals surface area contributed by atoms with Crippen LogP contribution < -0.4 is 5.73 Å². The van der Waals surface area contributed by atoms with E-state index in [0.717, 1.165) is 25.1 Å². The number of nitrogens with two attached hydrogens (primary N) is 1. The van der Waals surface area contributed by atoms with E-state index in [2.05, 4.69) is 9.67 Å². The third kappa shape index (κ3) is 1.93. The molecule has 0 amide bonds. The molecule has 0 saturated carbocycles. The van der Waals surface area contributed by atoms with E-state index < -0.39 is 0 Å². The number of fused-ring (bicyclic) bond motifs is 1. The SMILES string of the molecule is NCCn1nc(-c2ccncc2)c2c1CCCC2.